The van der Waals surface area contributed by atoms with Crippen molar-refractivity contribution in [3.8, 4) is 11.5 Å². The molecular formula is C23H15NO4. The summed E-state index contributed by atoms with van der Waals surface area (Å²) in [4.78, 5) is 10.6. The van der Waals surface area contributed by atoms with Crippen molar-refractivity contribution in [1.29, 1.82) is 0 Å². The van der Waals surface area contributed by atoms with E-state index in [1.165, 1.54) is 12.1 Å². The highest BCUT2D eigenvalue weighted by molar-refractivity contribution is 5.91. The second-order valence-corrected chi connectivity index (χ2v) is 6.65. The average Bonchev–Trinajstić information content (AvgIpc) is 2.73. The summed E-state index contributed by atoms with van der Waals surface area (Å²) in [5.74, 6) is 0.116. The zero-order valence-corrected chi connectivity index (χ0v) is 14.7. The topological polar surface area (TPSA) is 61.6 Å². The van der Waals surface area contributed by atoms with Gasteiger partial charge in [-0.25, -0.2) is 0 Å². The summed E-state index contributed by atoms with van der Waals surface area (Å²) < 4.78 is 12.7. The number of fused-ring (bicyclic) bond motifs is 2. The smallest absolute Gasteiger partial charge is 0.299 e. The number of hydrogen-bond donors (Lipinski definition) is 0. The van der Waals surface area contributed by atoms with Crippen LogP contribution in [0.15, 0.2) is 78.9 Å². The van der Waals surface area contributed by atoms with Crippen LogP contribution in [-0.4, -0.2) is 10.7 Å². The van der Waals surface area contributed by atoms with Crippen LogP contribution in [0.4, 0.5) is 5.69 Å². The molecule has 0 radical (unpaired) electrons. The molecule has 136 valence electrons. The van der Waals surface area contributed by atoms with Crippen LogP contribution in [0, 0.1) is 10.1 Å². The van der Waals surface area contributed by atoms with Crippen LogP contribution in [0.2, 0.25) is 0 Å². The van der Waals surface area contributed by atoms with Crippen molar-refractivity contribution in [3.63, 3.8) is 0 Å². The third-order valence-corrected chi connectivity index (χ3v) is 4.89. The first-order valence-electron chi connectivity index (χ1n) is 8.87. The molecule has 2 heterocycles. The lowest BCUT2D eigenvalue weighted by Crippen LogP contribution is -2.44. The second-order valence-electron chi connectivity index (χ2n) is 6.65. The van der Waals surface area contributed by atoms with Gasteiger partial charge < -0.3 is 9.47 Å². The van der Waals surface area contributed by atoms with Crippen LogP contribution in [0.1, 0.15) is 16.7 Å². The van der Waals surface area contributed by atoms with Gasteiger partial charge in [-0.1, -0.05) is 48.5 Å². The van der Waals surface area contributed by atoms with E-state index in [2.05, 4.69) is 6.08 Å². The van der Waals surface area contributed by atoms with Crippen molar-refractivity contribution in [2.45, 2.75) is 5.79 Å². The summed E-state index contributed by atoms with van der Waals surface area (Å²) in [5, 5.41) is 11.1. The molecule has 5 heteroatoms. The van der Waals surface area contributed by atoms with Crippen LogP contribution in [0.25, 0.3) is 17.7 Å². The maximum Gasteiger partial charge on any atom is 0.299 e. The monoisotopic (exact) mass is 369 g/mol. The van der Waals surface area contributed by atoms with Crippen LogP contribution < -0.4 is 9.47 Å². The molecular weight excluding hydrogens is 354 g/mol. The Hall–Kier alpha value is -3.86. The molecule has 0 fully saturated rings. The van der Waals surface area contributed by atoms with Crippen molar-refractivity contribution in [2.75, 3.05) is 0 Å². The van der Waals surface area contributed by atoms with Gasteiger partial charge in [0.15, 0.2) is 0 Å². The second kappa shape index (κ2) is 6.09. The highest BCUT2D eigenvalue weighted by Crippen LogP contribution is 2.46. The van der Waals surface area contributed by atoms with E-state index in [1.807, 2.05) is 66.7 Å². The number of ether oxygens (including phenoxy) is 2. The van der Waals surface area contributed by atoms with E-state index in [1.54, 1.807) is 6.07 Å². The number of nitrogens with zero attached hydrogens (tertiary/aromatic N) is 1. The van der Waals surface area contributed by atoms with Gasteiger partial charge in [-0.05, 0) is 29.8 Å². The van der Waals surface area contributed by atoms with Gasteiger partial charge >= 0.3 is 0 Å². The third kappa shape index (κ3) is 2.56. The Morgan fingerprint density at radius 3 is 2.32 bits per heavy atom. The van der Waals surface area contributed by atoms with E-state index < -0.39 is 10.7 Å². The van der Waals surface area contributed by atoms with Gasteiger partial charge in [0.05, 0.1) is 4.92 Å². The Kier molecular flexibility index (Phi) is 3.55. The number of nitro benzene ring substituents is 1. The van der Waals surface area contributed by atoms with Gasteiger partial charge in [0.2, 0.25) is 0 Å². The molecule has 0 bridgehead atoms. The van der Waals surface area contributed by atoms with Crippen LogP contribution in [-0.2, 0) is 0 Å². The predicted octanol–water partition coefficient (Wildman–Crippen LogP) is 5.33. The fraction of sp³-hybridized carbons (Fsp3) is 0.0435. The Bertz CT molecular complexity index is 1150. The van der Waals surface area contributed by atoms with Crippen molar-refractivity contribution in [2.24, 2.45) is 0 Å². The molecule has 0 amide bonds. The van der Waals surface area contributed by atoms with E-state index in [9.17, 15) is 10.1 Å². The number of benzene rings is 3. The van der Waals surface area contributed by atoms with Gasteiger partial charge in [-0.3, -0.25) is 10.1 Å². The Morgan fingerprint density at radius 1 is 0.821 bits per heavy atom. The standard InChI is InChI=1S/C23H15NO4/c25-24(26)19-10-11-22-18(14-19)12-13-23(28-22)20(16-6-2-1-3-7-16)15-17-8-4-5-9-21(17)27-23/h1-15H. The first-order chi connectivity index (χ1) is 13.6. The van der Waals surface area contributed by atoms with Crippen molar-refractivity contribution >= 4 is 23.4 Å². The fourth-order valence-corrected chi connectivity index (χ4v) is 3.54. The SMILES string of the molecule is O=[N+]([O-])c1ccc2c(c1)C=CC1(Oc3ccccc3C=C1c1ccccc1)O2. The van der Waals surface area contributed by atoms with Gasteiger partial charge in [0.1, 0.15) is 11.5 Å². The number of non-ortho nitro benzene ring substituents is 1. The van der Waals surface area contributed by atoms with E-state index >= 15 is 0 Å². The number of rotatable bonds is 2. The molecule has 2 aliphatic heterocycles. The molecule has 5 rings (SSSR count). The molecule has 5 nitrogen and oxygen atoms in total. The Morgan fingerprint density at radius 2 is 1.54 bits per heavy atom. The Labute approximate surface area is 161 Å². The molecule has 3 aromatic carbocycles. The number of para-hydroxylation sites is 1. The van der Waals surface area contributed by atoms with E-state index in [0.717, 1.165) is 22.4 Å². The van der Waals surface area contributed by atoms with Crippen LogP contribution >= 0.6 is 0 Å². The molecule has 1 atom stereocenters. The highest BCUT2D eigenvalue weighted by Gasteiger charge is 2.43. The van der Waals surface area contributed by atoms with Crippen molar-refractivity contribution in [3.05, 3.63) is 106 Å². The molecule has 1 spiro atoms. The Balaban J connectivity index is 1.66. The summed E-state index contributed by atoms with van der Waals surface area (Å²) in [6.07, 6.45) is 5.69. The first kappa shape index (κ1) is 16.3. The van der Waals surface area contributed by atoms with Gasteiger partial charge in [0.25, 0.3) is 11.5 Å². The number of nitro groups is 1. The third-order valence-electron chi connectivity index (χ3n) is 4.89. The van der Waals surface area contributed by atoms with Crippen molar-refractivity contribution in [1.82, 2.24) is 0 Å². The molecule has 0 aromatic heterocycles. The number of hydrogen-bond acceptors (Lipinski definition) is 4. The zero-order valence-electron chi connectivity index (χ0n) is 14.7. The summed E-state index contributed by atoms with van der Waals surface area (Å²) in [7, 11) is 0. The summed E-state index contributed by atoms with van der Waals surface area (Å²) >= 11 is 0. The zero-order chi connectivity index (χ0) is 19.1. The molecule has 1 unspecified atom stereocenters. The minimum Gasteiger partial charge on any atom is -0.444 e. The minimum absolute atomic E-state index is 0.0247. The lowest BCUT2D eigenvalue weighted by Gasteiger charge is -2.39. The van der Waals surface area contributed by atoms with E-state index in [4.69, 9.17) is 9.47 Å². The van der Waals surface area contributed by atoms with Crippen molar-refractivity contribution < 1.29 is 14.4 Å². The molecule has 0 aliphatic carbocycles. The first-order valence-corrected chi connectivity index (χ1v) is 8.87. The van der Waals surface area contributed by atoms with E-state index in [0.29, 0.717) is 11.3 Å². The average molecular weight is 369 g/mol. The maximum absolute atomic E-state index is 11.1. The molecule has 0 saturated carbocycles. The molecule has 0 saturated heterocycles. The summed E-state index contributed by atoms with van der Waals surface area (Å²) in [6.45, 7) is 0. The normalized spacial score (nSPS) is 19.1. The lowest BCUT2D eigenvalue weighted by atomic mass is 9.90. The highest BCUT2D eigenvalue weighted by atomic mass is 16.7. The van der Waals surface area contributed by atoms with Crippen LogP contribution in [0.3, 0.4) is 0 Å². The molecule has 3 aromatic rings. The predicted molar refractivity (Wildman–Crippen MR) is 107 cm³/mol. The largest absolute Gasteiger partial charge is 0.444 e. The summed E-state index contributed by atoms with van der Waals surface area (Å²) in [6, 6.07) is 22.2. The van der Waals surface area contributed by atoms with Gasteiger partial charge in [-0.15, -0.1) is 0 Å². The van der Waals surface area contributed by atoms with Gasteiger partial charge in [0, 0.05) is 34.9 Å². The summed E-state index contributed by atoms with van der Waals surface area (Å²) in [5.41, 5.74) is 3.49. The van der Waals surface area contributed by atoms with Crippen LogP contribution in [0.5, 0.6) is 11.5 Å². The minimum atomic E-state index is -1.14. The fourth-order valence-electron chi connectivity index (χ4n) is 3.54. The maximum atomic E-state index is 11.1. The van der Waals surface area contributed by atoms with Gasteiger partial charge in [-0.2, -0.15) is 0 Å². The lowest BCUT2D eigenvalue weighted by molar-refractivity contribution is -0.384. The van der Waals surface area contributed by atoms with E-state index in [-0.39, 0.29) is 5.69 Å². The quantitative estimate of drug-likeness (QED) is 0.452. The molecule has 28 heavy (non-hydrogen) atoms. The molecule has 0 N–H and O–H groups in total. The molecule has 2 aliphatic rings.